The minimum atomic E-state index is -0.698. The van der Waals surface area contributed by atoms with Crippen LogP contribution in [0.25, 0.3) is 0 Å². The summed E-state index contributed by atoms with van der Waals surface area (Å²) in [5, 5.41) is 17.8. The standard InChI is InChI=1S/C14H17NO2/c15-8-7-13(16)10-17-14-6-5-11-3-1-2-4-12(11)9-14/h5-6,9,13,16H,1-4,7,10H2. The van der Waals surface area contributed by atoms with E-state index in [1.165, 1.54) is 24.0 Å². The lowest BCUT2D eigenvalue weighted by atomic mass is 9.92. The third kappa shape index (κ3) is 3.21. The van der Waals surface area contributed by atoms with Crippen molar-refractivity contribution in [1.29, 1.82) is 5.26 Å². The van der Waals surface area contributed by atoms with Gasteiger partial charge < -0.3 is 9.84 Å². The fourth-order valence-electron chi connectivity index (χ4n) is 2.16. The topological polar surface area (TPSA) is 53.2 Å². The van der Waals surface area contributed by atoms with E-state index in [2.05, 4.69) is 12.1 Å². The molecule has 1 unspecified atom stereocenters. The number of nitriles is 1. The van der Waals surface area contributed by atoms with Crippen LogP contribution in [0.1, 0.15) is 30.4 Å². The van der Waals surface area contributed by atoms with Gasteiger partial charge in [-0.15, -0.1) is 0 Å². The van der Waals surface area contributed by atoms with Crippen LogP contribution >= 0.6 is 0 Å². The molecule has 0 heterocycles. The molecule has 3 nitrogen and oxygen atoms in total. The van der Waals surface area contributed by atoms with Crippen molar-refractivity contribution in [2.24, 2.45) is 0 Å². The highest BCUT2D eigenvalue weighted by Crippen LogP contribution is 2.25. The maximum atomic E-state index is 9.40. The molecule has 1 aliphatic carbocycles. The van der Waals surface area contributed by atoms with Gasteiger partial charge in [-0.05, 0) is 48.9 Å². The highest BCUT2D eigenvalue weighted by Gasteiger charge is 2.10. The summed E-state index contributed by atoms with van der Waals surface area (Å²) in [6.45, 7) is 0.187. The number of hydrogen-bond donors (Lipinski definition) is 1. The molecule has 0 spiro atoms. The molecule has 0 bridgehead atoms. The van der Waals surface area contributed by atoms with E-state index in [0.717, 1.165) is 18.6 Å². The van der Waals surface area contributed by atoms with Crippen molar-refractivity contribution in [3.05, 3.63) is 29.3 Å². The van der Waals surface area contributed by atoms with Gasteiger partial charge in [-0.1, -0.05) is 6.07 Å². The lowest BCUT2D eigenvalue weighted by Gasteiger charge is -2.17. The Hall–Kier alpha value is -1.53. The van der Waals surface area contributed by atoms with Crippen molar-refractivity contribution in [2.45, 2.75) is 38.2 Å². The van der Waals surface area contributed by atoms with Crippen LogP contribution in [-0.2, 0) is 12.8 Å². The van der Waals surface area contributed by atoms with Gasteiger partial charge in [0.15, 0.2) is 0 Å². The second-order valence-electron chi connectivity index (χ2n) is 4.46. The second kappa shape index (κ2) is 5.70. The first kappa shape index (κ1) is 11.9. The predicted octanol–water partition coefficient (Wildman–Crippen LogP) is 2.22. The third-order valence-corrected chi connectivity index (χ3v) is 3.09. The molecule has 90 valence electrons. The SMILES string of the molecule is N#CCC(O)COc1ccc2c(c1)CCCC2. The van der Waals surface area contributed by atoms with Gasteiger partial charge in [0.2, 0.25) is 0 Å². The Kier molecular flexibility index (Phi) is 4.00. The minimum Gasteiger partial charge on any atom is -0.491 e. The van der Waals surface area contributed by atoms with E-state index in [9.17, 15) is 5.11 Å². The number of nitrogens with zero attached hydrogens (tertiary/aromatic N) is 1. The molecule has 0 aliphatic heterocycles. The molecule has 0 fully saturated rings. The number of aliphatic hydroxyl groups excluding tert-OH is 1. The van der Waals surface area contributed by atoms with Gasteiger partial charge in [0.1, 0.15) is 18.5 Å². The molecule has 0 saturated heterocycles. The van der Waals surface area contributed by atoms with Crippen LogP contribution in [0.15, 0.2) is 18.2 Å². The number of hydrogen-bond acceptors (Lipinski definition) is 3. The molecule has 1 aromatic carbocycles. The van der Waals surface area contributed by atoms with E-state index in [1.807, 2.05) is 12.1 Å². The maximum Gasteiger partial charge on any atom is 0.119 e. The zero-order valence-corrected chi connectivity index (χ0v) is 9.85. The Morgan fingerprint density at radius 2 is 2.06 bits per heavy atom. The quantitative estimate of drug-likeness (QED) is 0.864. The van der Waals surface area contributed by atoms with Crippen molar-refractivity contribution in [3.63, 3.8) is 0 Å². The number of fused-ring (bicyclic) bond motifs is 1. The van der Waals surface area contributed by atoms with E-state index in [4.69, 9.17) is 10.00 Å². The second-order valence-corrected chi connectivity index (χ2v) is 4.46. The van der Waals surface area contributed by atoms with Crippen molar-refractivity contribution >= 4 is 0 Å². The summed E-state index contributed by atoms with van der Waals surface area (Å²) in [5.41, 5.74) is 2.78. The van der Waals surface area contributed by atoms with E-state index in [0.29, 0.717) is 0 Å². The lowest BCUT2D eigenvalue weighted by Crippen LogP contribution is -2.16. The lowest BCUT2D eigenvalue weighted by molar-refractivity contribution is 0.111. The van der Waals surface area contributed by atoms with Gasteiger partial charge in [-0.3, -0.25) is 0 Å². The van der Waals surface area contributed by atoms with Gasteiger partial charge in [0.05, 0.1) is 12.5 Å². The molecular weight excluding hydrogens is 214 g/mol. The normalized spacial score (nSPS) is 15.8. The minimum absolute atomic E-state index is 0.116. The Morgan fingerprint density at radius 3 is 2.82 bits per heavy atom. The molecular formula is C14H17NO2. The molecule has 2 rings (SSSR count). The molecule has 1 aliphatic rings. The number of benzene rings is 1. The zero-order chi connectivity index (χ0) is 12.1. The van der Waals surface area contributed by atoms with Crippen LogP contribution < -0.4 is 4.74 Å². The molecule has 0 saturated carbocycles. The Balaban J connectivity index is 1.95. The van der Waals surface area contributed by atoms with Crippen LogP contribution in [-0.4, -0.2) is 17.8 Å². The molecule has 0 aromatic heterocycles. The molecule has 0 radical (unpaired) electrons. The maximum absolute atomic E-state index is 9.40. The van der Waals surface area contributed by atoms with Crippen LogP contribution in [0.5, 0.6) is 5.75 Å². The van der Waals surface area contributed by atoms with E-state index < -0.39 is 6.10 Å². The van der Waals surface area contributed by atoms with Crippen molar-refractivity contribution < 1.29 is 9.84 Å². The fourth-order valence-corrected chi connectivity index (χ4v) is 2.16. The summed E-state index contributed by atoms with van der Waals surface area (Å²) in [4.78, 5) is 0. The molecule has 17 heavy (non-hydrogen) atoms. The van der Waals surface area contributed by atoms with E-state index in [1.54, 1.807) is 0 Å². The smallest absolute Gasteiger partial charge is 0.119 e. The van der Waals surface area contributed by atoms with Gasteiger partial charge in [0.25, 0.3) is 0 Å². The molecule has 3 heteroatoms. The van der Waals surface area contributed by atoms with Crippen molar-refractivity contribution in [3.8, 4) is 11.8 Å². The summed E-state index contributed by atoms with van der Waals surface area (Å²) < 4.78 is 5.49. The molecule has 1 atom stereocenters. The number of aryl methyl sites for hydroxylation is 2. The molecule has 1 N–H and O–H groups in total. The number of ether oxygens (including phenoxy) is 1. The van der Waals surface area contributed by atoms with Crippen LogP contribution in [0.4, 0.5) is 0 Å². The zero-order valence-electron chi connectivity index (χ0n) is 9.85. The first-order chi connectivity index (χ1) is 8.29. The average Bonchev–Trinajstić information content (AvgIpc) is 2.36. The van der Waals surface area contributed by atoms with Crippen molar-refractivity contribution in [2.75, 3.05) is 6.61 Å². The van der Waals surface area contributed by atoms with Gasteiger partial charge in [0, 0.05) is 0 Å². The molecule has 0 amide bonds. The van der Waals surface area contributed by atoms with E-state index >= 15 is 0 Å². The van der Waals surface area contributed by atoms with Crippen molar-refractivity contribution in [1.82, 2.24) is 0 Å². The fraction of sp³-hybridized carbons (Fsp3) is 0.500. The first-order valence-electron chi connectivity index (χ1n) is 6.09. The predicted molar refractivity (Wildman–Crippen MR) is 64.8 cm³/mol. The largest absolute Gasteiger partial charge is 0.491 e. The van der Waals surface area contributed by atoms with Gasteiger partial charge in [-0.2, -0.15) is 5.26 Å². The summed E-state index contributed by atoms with van der Waals surface area (Å²) in [6, 6.07) is 8.05. The Morgan fingerprint density at radius 1 is 1.29 bits per heavy atom. The highest BCUT2D eigenvalue weighted by molar-refractivity contribution is 5.37. The summed E-state index contributed by atoms with van der Waals surface area (Å²) >= 11 is 0. The monoisotopic (exact) mass is 231 g/mol. The van der Waals surface area contributed by atoms with Gasteiger partial charge in [-0.25, -0.2) is 0 Å². The summed E-state index contributed by atoms with van der Waals surface area (Å²) in [7, 11) is 0. The summed E-state index contributed by atoms with van der Waals surface area (Å²) in [5.74, 6) is 0.794. The van der Waals surface area contributed by atoms with Crippen LogP contribution in [0.3, 0.4) is 0 Å². The Bertz CT molecular complexity index is 423. The highest BCUT2D eigenvalue weighted by atomic mass is 16.5. The number of rotatable bonds is 4. The van der Waals surface area contributed by atoms with Gasteiger partial charge >= 0.3 is 0 Å². The average molecular weight is 231 g/mol. The molecule has 1 aromatic rings. The first-order valence-corrected chi connectivity index (χ1v) is 6.09. The third-order valence-electron chi connectivity index (χ3n) is 3.09. The Labute approximate surface area is 102 Å². The summed E-state index contributed by atoms with van der Waals surface area (Å²) in [6.07, 6.45) is 4.21. The number of aliphatic hydroxyl groups is 1. The van der Waals surface area contributed by atoms with Crippen LogP contribution in [0.2, 0.25) is 0 Å². The van der Waals surface area contributed by atoms with Crippen LogP contribution in [0, 0.1) is 11.3 Å². The van der Waals surface area contributed by atoms with E-state index in [-0.39, 0.29) is 13.0 Å².